The Bertz CT molecular complexity index is 1030. The van der Waals surface area contributed by atoms with Crippen LogP contribution in [0.3, 0.4) is 0 Å². The van der Waals surface area contributed by atoms with Gasteiger partial charge in [-0.25, -0.2) is 9.59 Å². The van der Waals surface area contributed by atoms with E-state index < -0.39 is 23.3 Å². The molecule has 0 bridgehead atoms. The van der Waals surface area contributed by atoms with Gasteiger partial charge in [-0.05, 0) is 44.2 Å². The largest absolute Gasteiger partial charge is 0.487 e. The van der Waals surface area contributed by atoms with E-state index in [0.717, 1.165) is 5.39 Å². The van der Waals surface area contributed by atoms with E-state index in [9.17, 15) is 9.59 Å². The van der Waals surface area contributed by atoms with Crippen molar-refractivity contribution < 1.29 is 18.7 Å². The predicted molar refractivity (Wildman–Crippen MR) is 96.4 cm³/mol. The lowest BCUT2D eigenvalue weighted by Crippen LogP contribution is -2.36. The lowest BCUT2D eigenvalue weighted by molar-refractivity contribution is -0.0158. The van der Waals surface area contributed by atoms with Crippen LogP contribution in [0.5, 0.6) is 5.75 Å². The predicted octanol–water partition coefficient (Wildman–Crippen LogP) is 4.25. The average molecular weight is 350 g/mol. The summed E-state index contributed by atoms with van der Waals surface area (Å²) in [4.78, 5) is 24.3. The highest BCUT2D eigenvalue weighted by Crippen LogP contribution is 2.44. The lowest BCUT2D eigenvalue weighted by Gasteiger charge is -2.37. The van der Waals surface area contributed by atoms with Crippen LogP contribution in [0.4, 0.5) is 0 Å². The molecule has 0 spiro atoms. The highest BCUT2D eigenvalue weighted by atomic mass is 16.6. The molecule has 2 heterocycles. The lowest BCUT2D eigenvalue weighted by atomic mass is 9.90. The fourth-order valence-electron chi connectivity index (χ4n) is 3.29. The molecule has 26 heavy (non-hydrogen) atoms. The van der Waals surface area contributed by atoms with Crippen molar-refractivity contribution >= 4 is 16.9 Å². The van der Waals surface area contributed by atoms with Crippen LogP contribution in [0.2, 0.25) is 0 Å². The van der Waals surface area contributed by atoms with E-state index in [1.807, 2.05) is 32.0 Å². The molecule has 0 saturated heterocycles. The Labute approximate surface area is 150 Å². The molecule has 3 aromatic rings. The van der Waals surface area contributed by atoms with Gasteiger partial charge in [-0.3, -0.25) is 0 Å². The van der Waals surface area contributed by atoms with E-state index in [1.165, 1.54) is 6.07 Å². The molecule has 0 N–H and O–H groups in total. The third kappa shape index (κ3) is 2.96. The quantitative estimate of drug-likeness (QED) is 0.510. The number of ether oxygens (including phenoxy) is 2. The first-order valence-corrected chi connectivity index (χ1v) is 8.45. The van der Waals surface area contributed by atoms with Gasteiger partial charge < -0.3 is 13.9 Å². The first kappa shape index (κ1) is 16.4. The highest BCUT2D eigenvalue weighted by Gasteiger charge is 2.38. The van der Waals surface area contributed by atoms with Crippen molar-refractivity contribution in [1.29, 1.82) is 0 Å². The highest BCUT2D eigenvalue weighted by molar-refractivity contribution is 5.90. The Morgan fingerprint density at radius 2 is 1.81 bits per heavy atom. The first-order chi connectivity index (χ1) is 12.4. The van der Waals surface area contributed by atoms with Crippen LogP contribution >= 0.6 is 0 Å². The molecule has 5 heteroatoms. The monoisotopic (exact) mass is 350 g/mol. The maximum absolute atomic E-state index is 12.6. The van der Waals surface area contributed by atoms with Crippen LogP contribution in [0.25, 0.3) is 11.0 Å². The summed E-state index contributed by atoms with van der Waals surface area (Å²) in [7, 11) is 0. The molecule has 1 atom stereocenters. The Hall–Kier alpha value is -3.08. The normalized spacial score (nSPS) is 18.0. The Morgan fingerprint density at radius 3 is 2.58 bits per heavy atom. The Balaban J connectivity index is 1.82. The number of benzene rings is 2. The van der Waals surface area contributed by atoms with Crippen LogP contribution in [0, 0.1) is 0 Å². The molecule has 1 aliphatic rings. The second kappa shape index (κ2) is 6.02. The van der Waals surface area contributed by atoms with Crippen LogP contribution in [-0.2, 0) is 4.74 Å². The van der Waals surface area contributed by atoms with E-state index in [4.69, 9.17) is 13.9 Å². The number of carbonyl (C=O) groups is 1. The summed E-state index contributed by atoms with van der Waals surface area (Å²) in [6, 6.07) is 15.5. The zero-order chi connectivity index (χ0) is 18.3. The fraction of sp³-hybridized carbons (Fsp3) is 0.238. The summed E-state index contributed by atoms with van der Waals surface area (Å²) >= 11 is 0. The van der Waals surface area contributed by atoms with Gasteiger partial charge in [0.2, 0.25) is 0 Å². The summed E-state index contributed by atoms with van der Waals surface area (Å²) in [5.41, 5.74) is 0.501. The molecule has 0 fully saturated rings. The molecule has 0 saturated carbocycles. The summed E-state index contributed by atoms with van der Waals surface area (Å²) in [5.74, 6) is 0.142. The van der Waals surface area contributed by atoms with E-state index in [2.05, 4.69) is 0 Å². The van der Waals surface area contributed by atoms with Crippen molar-refractivity contribution in [3.05, 3.63) is 76.1 Å². The molecule has 0 amide bonds. The van der Waals surface area contributed by atoms with Crippen molar-refractivity contribution in [2.45, 2.75) is 32.0 Å². The molecule has 0 aliphatic carbocycles. The van der Waals surface area contributed by atoms with Crippen LogP contribution < -0.4 is 10.4 Å². The number of esters is 1. The third-order valence-corrected chi connectivity index (χ3v) is 4.43. The van der Waals surface area contributed by atoms with Gasteiger partial charge in [0.1, 0.15) is 23.0 Å². The second-order valence-corrected chi connectivity index (χ2v) is 6.98. The van der Waals surface area contributed by atoms with Gasteiger partial charge in [0.15, 0.2) is 0 Å². The SMILES string of the molecule is CC1(C)CC(OC(=O)c2ccccc2)c2c(ccc3ccc(=O)oc23)O1. The van der Waals surface area contributed by atoms with Crippen molar-refractivity contribution in [1.82, 2.24) is 0 Å². The molecule has 2 aromatic carbocycles. The standard InChI is InChI=1S/C21H18O5/c1-21(2)12-16(24-20(23)14-6-4-3-5-7-14)18-15(26-21)10-8-13-9-11-17(22)25-19(13)18/h3-11,16H,12H2,1-2H3. The van der Waals surface area contributed by atoms with Crippen molar-refractivity contribution in [3.63, 3.8) is 0 Å². The second-order valence-electron chi connectivity index (χ2n) is 6.98. The van der Waals surface area contributed by atoms with E-state index in [-0.39, 0.29) is 0 Å². The number of hydrogen-bond acceptors (Lipinski definition) is 5. The van der Waals surface area contributed by atoms with Crippen molar-refractivity contribution in [2.24, 2.45) is 0 Å². The van der Waals surface area contributed by atoms with Crippen molar-refractivity contribution in [2.75, 3.05) is 0 Å². The van der Waals surface area contributed by atoms with E-state index in [1.54, 1.807) is 30.3 Å². The van der Waals surface area contributed by atoms with Gasteiger partial charge in [-0.2, -0.15) is 0 Å². The zero-order valence-electron chi connectivity index (χ0n) is 14.5. The fourth-order valence-corrected chi connectivity index (χ4v) is 3.29. The molecule has 132 valence electrons. The summed E-state index contributed by atoms with van der Waals surface area (Å²) in [6.45, 7) is 3.87. The molecule has 1 unspecified atom stereocenters. The van der Waals surface area contributed by atoms with Gasteiger partial charge in [-0.15, -0.1) is 0 Å². The van der Waals surface area contributed by atoms with E-state index in [0.29, 0.717) is 28.9 Å². The van der Waals surface area contributed by atoms with Gasteiger partial charge in [0, 0.05) is 17.9 Å². The molecule has 0 radical (unpaired) electrons. The molecule has 4 rings (SSSR count). The smallest absolute Gasteiger partial charge is 0.338 e. The summed E-state index contributed by atoms with van der Waals surface area (Å²) in [6.07, 6.45) is -0.119. The van der Waals surface area contributed by atoms with E-state index >= 15 is 0 Å². The van der Waals surface area contributed by atoms with Crippen LogP contribution in [0.15, 0.2) is 63.8 Å². The number of rotatable bonds is 2. The summed E-state index contributed by atoms with van der Waals surface area (Å²) in [5, 5.41) is 0.757. The topological polar surface area (TPSA) is 65.7 Å². The maximum atomic E-state index is 12.6. The minimum Gasteiger partial charge on any atom is -0.487 e. The van der Waals surface area contributed by atoms with Gasteiger partial charge in [0.05, 0.1) is 11.1 Å². The van der Waals surface area contributed by atoms with Gasteiger partial charge >= 0.3 is 11.6 Å². The maximum Gasteiger partial charge on any atom is 0.338 e. The average Bonchev–Trinajstić information content (AvgIpc) is 2.60. The van der Waals surface area contributed by atoms with Crippen LogP contribution in [0.1, 0.15) is 42.3 Å². The molecule has 1 aliphatic heterocycles. The molecule has 1 aromatic heterocycles. The molecule has 5 nitrogen and oxygen atoms in total. The number of carbonyl (C=O) groups excluding carboxylic acids is 1. The molecular weight excluding hydrogens is 332 g/mol. The Kier molecular flexibility index (Phi) is 3.80. The minimum absolute atomic E-state index is 0.399. The first-order valence-electron chi connectivity index (χ1n) is 8.45. The zero-order valence-corrected chi connectivity index (χ0v) is 14.5. The summed E-state index contributed by atoms with van der Waals surface area (Å²) < 4.78 is 17.3. The van der Waals surface area contributed by atoms with Gasteiger partial charge in [0.25, 0.3) is 0 Å². The Morgan fingerprint density at radius 1 is 1.08 bits per heavy atom. The number of hydrogen-bond donors (Lipinski definition) is 0. The van der Waals surface area contributed by atoms with Crippen LogP contribution in [-0.4, -0.2) is 11.6 Å². The number of fused-ring (bicyclic) bond motifs is 3. The third-order valence-electron chi connectivity index (χ3n) is 4.43. The minimum atomic E-state index is -0.573. The van der Waals surface area contributed by atoms with Gasteiger partial charge in [-0.1, -0.05) is 18.2 Å². The molecular formula is C21H18O5. The van der Waals surface area contributed by atoms with Crippen molar-refractivity contribution in [3.8, 4) is 5.75 Å².